The third-order valence-electron chi connectivity index (χ3n) is 4.06. The van der Waals surface area contributed by atoms with E-state index in [4.69, 9.17) is 5.11 Å². The summed E-state index contributed by atoms with van der Waals surface area (Å²) in [6.07, 6.45) is 2.07. The Kier molecular flexibility index (Phi) is 3.39. The van der Waals surface area contributed by atoms with Gasteiger partial charge < -0.3 is 10.0 Å². The summed E-state index contributed by atoms with van der Waals surface area (Å²) in [6, 6.07) is 3.93. The fourth-order valence-electron chi connectivity index (χ4n) is 2.75. The Morgan fingerprint density at radius 2 is 2.00 bits per heavy atom. The zero-order valence-corrected chi connectivity index (χ0v) is 11.3. The van der Waals surface area contributed by atoms with Crippen molar-refractivity contribution < 1.29 is 23.5 Å². The van der Waals surface area contributed by atoms with E-state index in [0.29, 0.717) is 6.42 Å². The van der Waals surface area contributed by atoms with Crippen LogP contribution in [0.1, 0.15) is 30.7 Å². The molecular formula is C15H15F2NO3. The molecule has 2 aliphatic rings. The number of halogens is 2. The van der Waals surface area contributed by atoms with Crippen molar-refractivity contribution in [1.82, 2.24) is 4.90 Å². The summed E-state index contributed by atoms with van der Waals surface area (Å²) in [6.45, 7) is -0.321. The van der Waals surface area contributed by atoms with Gasteiger partial charge in [-0.15, -0.1) is 0 Å². The lowest BCUT2D eigenvalue weighted by Gasteiger charge is -2.20. The number of amides is 1. The standard InChI is InChI=1S/C15H15F2NO3/c16-12-3-1-2-9(14(12)17)10-6-11(10)15(21)18(7-13(19)20)8-4-5-8/h1-3,8,10-11H,4-7H2,(H,19,20)/t10-,11+/m0/s1. The summed E-state index contributed by atoms with van der Waals surface area (Å²) in [4.78, 5) is 24.6. The Balaban J connectivity index is 1.73. The molecule has 2 aliphatic carbocycles. The van der Waals surface area contributed by atoms with Gasteiger partial charge >= 0.3 is 5.97 Å². The van der Waals surface area contributed by atoms with Crippen LogP contribution in [-0.4, -0.2) is 34.5 Å². The first kappa shape index (κ1) is 14.0. The average molecular weight is 295 g/mol. The van der Waals surface area contributed by atoms with Gasteiger partial charge in [-0.05, 0) is 36.8 Å². The van der Waals surface area contributed by atoms with Gasteiger partial charge in [0.25, 0.3) is 0 Å². The third-order valence-corrected chi connectivity index (χ3v) is 4.06. The van der Waals surface area contributed by atoms with Crippen molar-refractivity contribution in [3.05, 3.63) is 35.4 Å². The number of carbonyl (C=O) groups excluding carboxylic acids is 1. The van der Waals surface area contributed by atoms with E-state index in [9.17, 15) is 18.4 Å². The Bertz CT molecular complexity index is 601. The second kappa shape index (κ2) is 5.09. The molecule has 2 saturated carbocycles. The predicted octanol–water partition coefficient (Wildman–Crippen LogP) is 2.14. The molecule has 0 spiro atoms. The lowest BCUT2D eigenvalue weighted by molar-refractivity contribution is -0.145. The van der Waals surface area contributed by atoms with Crippen molar-refractivity contribution in [2.45, 2.75) is 31.2 Å². The lowest BCUT2D eigenvalue weighted by Crippen LogP contribution is -2.38. The van der Waals surface area contributed by atoms with Crippen LogP contribution in [0.5, 0.6) is 0 Å². The molecule has 21 heavy (non-hydrogen) atoms. The molecular weight excluding hydrogens is 280 g/mol. The second-order valence-electron chi connectivity index (χ2n) is 5.68. The lowest BCUT2D eigenvalue weighted by atomic mass is 10.1. The van der Waals surface area contributed by atoms with E-state index >= 15 is 0 Å². The van der Waals surface area contributed by atoms with E-state index in [1.54, 1.807) is 0 Å². The Labute approximate surface area is 120 Å². The van der Waals surface area contributed by atoms with E-state index in [1.165, 1.54) is 17.0 Å². The number of nitrogens with zero attached hydrogens (tertiary/aromatic N) is 1. The van der Waals surface area contributed by atoms with Crippen LogP contribution in [-0.2, 0) is 9.59 Å². The van der Waals surface area contributed by atoms with Crippen LogP contribution in [0.4, 0.5) is 8.78 Å². The molecule has 1 N–H and O–H groups in total. The van der Waals surface area contributed by atoms with Crippen LogP contribution in [0.25, 0.3) is 0 Å². The SMILES string of the molecule is O=C(O)CN(C(=O)[C@@H]1C[C@H]1c1cccc(F)c1F)C1CC1. The summed E-state index contributed by atoms with van der Waals surface area (Å²) in [5.74, 6) is -3.91. The molecule has 112 valence electrons. The minimum absolute atomic E-state index is 0.00722. The van der Waals surface area contributed by atoms with Crippen molar-refractivity contribution in [3.63, 3.8) is 0 Å². The molecule has 6 heteroatoms. The number of carbonyl (C=O) groups is 2. The molecule has 0 saturated heterocycles. The third kappa shape index (κ3) is 2.75. The van der Waals surface area contributed by atoms with Gasteiger partial charge in [0.1, 0.15) is 6.54 Å². The molecule has 0 aromatic heterocycles. The van der Waals surface area contributed by atoms with Gasteiger partial charge in [-0.3, -0.25) is 9.59 Å². The fraction of sp³-hybridized carbons (Fsp3) is 0.467. The van der Waals surface area contributed by atoms with Crippen LogP contribution in [0.3, 0.4) is 0 Å². The van der Waals surface area contributed by atoms with E-state index in [0.717, 1.165) is 18.9 Å². The zero-order valence-electron chi connectivity index (χ0n) is 11.3. The van der Waals surface area contributed by atoms with Crippen molar-refractivity contribution in [3.8, 4) is 0 Å². The fourth-order valence-corrected chi connectivity index (χ4v) is 2.75. The van der Waals surface area contributed by atoms with Gasteiger partial charge in [-0.1, -0.05) is 12.1 Å². The molecule has 0 radical (unpaired) electrons. The highest BCUT2D eigenvalue weighted by Gasteiger charge is 2.49. The molecule has 1 aromatic rings. The molecule has 0 aliphatic heterocycles. The van der Waals surface area contributed by atoms with Gasteiger partial charge in [0.2, 0.25) is 5.91 Å². The van der Waals surface area contributed by atoms with Crippen LogP contribution < -0.4 is 0 Å². The van der Waals surface area contributed by atoms with Crippen LogP contribution in [0, 0.1) is 17.6 Å². The van der Waals surface area contributed by atoms with E-state index < -0.39 is 23.5 Å². The predicted molar refractivity (Wildman–Crippen MR) is 69.6 cm³/mol. The van der Waals surface area contributed by atoms with Crippen LogP contribution in [0.15, 0.2) is 18.2 Å². The molecule has 4 nitrogen and oxygen atoms in total. The van der Waals surface area contributed by atoms with E-state index in [2.05, 4.69) is 0 Å². The summed E-state index contributed by atoms with van der Waals surface area (Å²) in [5, 5.41) is 8.87. The van der Waals surface area contributed by atoms with Crippen molar-refractivity contribution in [2.24, 2.45) is 5.92 Å². The Morgan fingerprint density at radius 3 is 2.62 bits per heavy atom. The normalized spacial score (nSPS) is 23.7. The number of carboxylic acids is 1. The minimum Gasteiger partial charge on any atom is -0.480 e. The van der Waals surface area contributed by atoms with Gasteiger partial charge in [0.05, 0.1) is 0 Å². The van der Waals surface area contributed by atoms with Crippen molar-refractivity contribution in [1.29, 1.82) is 0 Å². The summed E-state index contributed by atoms with van der Waals surface area (Å²) >= 11 is 0. The molecule has 2 atom stereocenters. The second-order valence-corrected chi connectivity index (χ2v) is 5.68. The number of benzene rings is 1. The van der Waals surface area contributed by atoms with E-state index in [1.807, 2.05) is 0 Å². The number of hydrogen-bond donors (Lipinski definition) is 1. The van der Waals surface area contributed by atoms with E-state index in [-0.39, 0.29) is 30.0 Å². The molecule has 0 bridgehead atoms. The van der Waals surface area contributed by atoms with Gasteiger partial charge in [-0.2, -0.15) is 0 Å². The first-order valence-electron chi connectivity index (χ1n) is 6.95. The number of aliphatic carboxylic acids is 1. The topological polar surface area (TPSA) is 57.6 Å². The molecule has 0 heterocycles. The number of rotatable bonds is 5. The first-order valence-corrected chi connectivity index (χ1v) is 6.95. The summed E-state index contributed by atoms with van der Waals surface area (Å²) in [5.41, 5.74) is 0.208. The van der Waals surface area contributed by atoms with Gasteiger partial charge in [0.15, 0.2) is 11.6 Å². The monoisotopic (exact) mass is 295 g/mol. The smallest absolute Gasteiger partial charge is 0.323 e. The highest BCUT2D eigenvalue weighted by atomic mass is 19.2. The molecule has 1 aromatic carbocycles. The van der Waals surface area contributed by atoms with Gasteiger partial charge in [0, 0.05) is 12.0 Å². The maximum Gasteiger partial charge on any atom is 0.323 e. The Hall–Kier alpha value is -1.98. The zero-order chi connectivity index (χ0) is 15.1. The quantitative estimate of drug-likeness (QED) is 0.905. The number of carboxylic acid groups (broad SMARTS) is 1. The van der Waals surface area contributed by atoms with Gasteiger partial charge in [-0.25, -0.2) is 8.78 Å². The largest absolute Gasteiger partial charge is 0.480 e. The highest BCUT2D eigenvalue weighted by molar-refractivity contribution is 5.86. The minimum atomic E-state index is -1.05. The van der Waals surface area contributed by atoms with Crippen LogP contribution >= 0.6 is 0 Å². The first-order chi connectivity index (χ1) is 9.99. The summed E-state index contributed by atoms with van der Waals surface area (Å²) < 4.78 is 26.9. The Morgan fingerprint density at radius 1 is 1.29 bits per heavy atom. The number of hydrogen-bond acceptors (Lipinski definition) is 2. The molecule has 3 rings (SSSR count). The maximum absolute atomic E-state index is 13.7. The maximum atomic E-state index is 13.7. The average Bonchev–Trinajstić information content (AvgIpc) is 3.31. The van der Waals surface area contributed by atoms with Crippen LogP contribution in [0.2, 0.25) is 0 Å². The van der Waals surface area contributed by atoms with Crippen molar-refractivity contribution >= 4 is 11.9 Å². The molecule has 2 fully saturated rings. The molecule has 0 unspecified atom stereocenters. The molecule has 1 amide bonds. The summed E-state index contributed by atoms with van der Waals surface area (Å²) in [7, 11) is 0. The highest BCUT2D eigenvalue weighted by Crippen LogP contribution is 2.50. The van der Waals surface area contributed by atoms with Crippen molar-refractivity contribution in [2.75, 3.05) is 6.54 Å².